The van der Waals surface area contributed by atoms with Crippen LogP contribution in [0, 0.1) is 0 Å². The second-order valence-corrected chi connectivity index (χ2v) is 4.65. The van der Waals surface area contributed by atoms with Crippen molar-refractivity contribution < 1.29 is 43.0 Å². The molecular weight excluding hydrogens is 365 g/mol. The molecule has 10 N–H and O–H groups in total. The van der Waals surface area contributed by atoms with Crippen LogP contribution in [-0.4, -0.2) is 70.3 Å². The third kappa shape index (κ3) is 5450. The Balaban J connectivity index is -0.00000000762. The van der Waals surface area contributed by atoms with Crippen LogP contribution in [0.4, 0.5) is 0 Å². The van der Waals surface area contributed by atoms with Crippen molar-refractivity contribution in [3.63, 3.8) is 0 Å². The van der Waals surface area contributed by atoms with Gasteiger partial charge in [-0.3, -0.25) is 0 Å². The quantitative estimate of drug-likeness (QED) is 0.376. The van der Waals surface area contributed by atoms with Gasteiger partial charge < -0.3 is 23.3 Å². The van der Waals surface area contributed by atoms with Crippen molar-refractivity contribution >= 4 is 59.4 Å². The van der Waals surface area contributed by atoms with E-state index in [-0.39, 0.29) is 53.6 Å². The van der Waals surface area contributed by atoms with Crippen molar-refractivity contribution in [2.75, 3.05) is 0 Å². The van der Waals surface area contributed by atoms with Crippen LogP contribution < -0.4 is 36.9 Å². The third-order valence-corrected chi connectivity index (χ3v) is 0. The first kappa shape index (κ1) is 64.8. The molecule has 0 aromatic heterocycles. The smallest absolute Gasteiger partial charge is 0.870 e. The molecule has 0 bridgehead atoms. The molecule has 0 fully saturated rings. The maximum atomic E-state index is 8.61. The molecule has 0 radical (unpaired) electrons. The molecule has 0 aromatic rings. The van der Waals surface area contributed by atoms with Gasteiger partial charge in [-0.05, 0) is 0 Å². The van der Waals surface area contributed by atoms with Crippen LogP contribution in [0.25, 0.3) is 0 Å². The molecule has 12 nitrogen and oxygen atoms in total. The van der Waals surface area contributed by atoms with Crippen molar-refractivity contribution in [1.82, 2.24) is 12.3 Å². The fourth-order valence-electron chi connectivity index (χ4n) is 0. The molecule has 0 aliphatic carbocycles. The van der Waals surface area contributed by atoms with Gasteiger partial charge in [0.05, 0.1) is 0 Å². The Hall–Kier alpha value is 0.823. The maximum Gasteiger partial charge on any atom is 2.00 e. The van der Waals surface area contributed by atoms with Crippen LogP contribution >= 0.6 is 0 Å². The van der Waals surface area contributed by atoms with Crippen molar-refractivity contribution in [2.45, 2.75) is 0 Å². The topological polar surface area (TPSA) is 306 Å². The largest absolute Gasteiger partial charge is 2.00 e. The van der Waals surface area contributed by atoms with E-state index < -0.39 is 29.0 Å². The number of hydrogen-bond donors (Lipinski definition) is 2. The minimum Gasteiger partial charge on any atom is -0.870 e. The zero-order valence-corrected chi connectivity index (χ0v) is 12.9. The summed E-state index contributed by atoms with van der Waals surface area (Å²) in [5.41, 5.74) is 0. The van der Waals surface area contributed by atoms with Gasteiger partial charge in [-0.1, -0.05) is 0 Å². The first-order chi connectivity index (χ1) is 4.00. The van der Waals surface area contributed by atoms with Gasteiger partial charge in [0, 0.05) is 0 Å². The molecule has 0 saturated heterocycles. The van der Waals surface area contributed by atoms with Crippen LogP contribution in [0.1, 0.15) is 0 Å². The van der Waals surface area contributed by atoms with Crippen molar-refractivity contribution in [2.24, 2.45) is 0 Å². The molecule has 0 aliphatic heterocycles. The minimum atomic E-state index is -5.88. The molecule has 0 aromatic carbocycles. The van der Waals surface area contributed by atoms with E-state index >= 15 is 0 Å². The molecule has 0 rings (SSSR count). The normalized spacial score (nSPS) is 6.94. The van der Waals surface area contributed by atoms with Crippen molar-refractivity contribution in [1.29, 1.82) is 0 Å². The summed E-state index contributed by atoms with van der Waals surface area (Å²) in [4.78, 5) is 0. The van der Waals surface area contributed by atoms with Crippen LogP contribution in [-0.2, 0) is 7.48 Å². The van der Waals surface area contributed by atoms with Gasteiger partial charge >= 0.3 is 91.4 Å². The molecule has 0 amide bonds. The molecular formula is H10As2Be3N2O10. The van der Waals surface area contributed by atoms with Crippen LogP contribution in [0.3, 0.4) is 0 Å². The maximum absolute atomic E-state index is 8.61. The zero-order valence-electron chi connectivity index (χ0n) is 9.18. The predicted molar refractivity (Wildman–Crippen MR) is 46.0 cm³/mol. The third-order valence-electron chi connectivity index (χ3n) is 0. The summed E-state index contributed by atoms with van der Waals surface area (Å²) < 4.78 is 68.9. The molecule has 96 valence electrons. The Bertz CT molecular complexity index is 140. The Labute approximate surface area is 115 Å². The van der Waals surface area contributed by atoms with Crippen LogP contribution in [0.2, 0.25) is 0 Å². The summed E-state index contributed by atoms with van der Waals surface area (Å²) in [7, 11) is 0. The summed E-state index contributed by atoms with van der Waals surface area (Å²) in [6, 6.07) is 0. The van der Waals surface area contributed by atoms with Gasteiger partial charge in [0.2, 0.25) is 0 Å². The molecule has 0 atom stereocenters. The zero-order chi connectivity index (χ0) is 9.00. The molecule has 0 heterocycles. The molecule has 0 spiro atoms. The first-order valence-corrected chi connectivity index (χ1v) is 7.59. The van der Waals surface area contributed by atoms with E-state index in [2.05, 4.69) is 0 Å². The summed E-state index contributed by atoms with van der Waals surface area (Å²) in [6.07, 6.45) is 0. The van der Waals surface area contributed by atoms with Crippen LogP contribution in [0.15, 0.2) is 0 Å². The summed E-state index contributed by atoms with van der Waals surface area (Å²) in [6.45, 7) is 0. The number of hydrogen-bond acceptors (Lipinski definition) is 10. The Morgan fingerprint density at radius 1 is 0.529 bits per heavy atom. The average Bonchev–Trinajstić information content (AvgIpc) is 1.12. The second kappa shape index (κ2) is 25.6. The van der Waals surface area contributed by atoms with Gasteiger partial charge in [0.25, 0.3) is 0 Å². The van der Waals surface area contributed by atoms with Crippen molar-refractivity contribution in [3.8, 4) is 0 Å². The van der Waals surface area contributed by atoms with E-state index in [0.29, 0.717) is 0 Å². The summed E-state index contributed by atoms with van der Waals surface area (Å²) in [5, 5.41) is 0. The first-order valence-electron chi connectivity index (χ1n) is 1.46. The SMILES string of the molecule is O=[As]([O-])([O-])[O-].O=[As]([O-])([O-])[O-].[Be+2].[Be+2].[Be+2].[NH4+].[NH4+].[OH-].[OH-]. The molecule has 17 heteroatoms. The van der Waals surface area contributed by atoms with E-state index in [4.69, 9.17) is 32.1 Å². The molecule has 17 heavy (non-hydrogen) atoms. The standard InChI is InChI=1S/2AsH3O4.3Be.2H3N.2H2O/c2*2-1(3,4)5;;;;;;;/h2*(H3,2,3,4,5);;;;2*1H3;2*1H2/q;;3*+2;;;;/p-6. The van der Waals surface area contributed by atoms with Gasteiger partial charge in [-0.15, -0.1) is 0 Å². The summed E-state index contributed by atoms with van der Waals surface area (Å²) >= 11 is -11.8. The van der Waals surface area contributed by atoms with E-state index in [1.165, 1.54) is 0 Å². The molecule has 0 aliphatic rings. The van der Waals surface area contributed by atoms with Gasteiger partial charge in [0.15, 0.2) is 0 Å². The fraction of sp³-hybridized carbons (Fsp3) is 0. The number of quaternary nitrogens is 2. The molecule has 0 saturated carbocycles. The van der Waals surface area contributed by atoms with Gasteiger partial charge in [-0.2, -0.15) is 0 Å². The minimum absolute atomic E-state index is 0. The average molecular weight is 375 g/mol. The fourth-order valence-corrected chi connectivity index (χ4v) is 0. The van der Waals surface area contributed by atoms with E-state index in [0.717, 1.165) is 0 Å². The summed E-state index contributed by atoms with van der Waals surface area (Å²) in [5.74, 6) is 0. The predicted octanol–water partition coefficient (Wildman–Crippen LogP) is -8.88. The Kier molecular flexibility index (Phi) is 97.6. The van der Waals surface area contributed by atoms with Crippen LogP contribution in [0.5, 0.6) is 0 Å². The number of rotatable bonds is 0. The van der Waals surface area contributed by atoms with E-state index in [1.54, 1.807) is 0 Å². The van der Waals surface area contributed by atoms with Crippen molar-refractivity contribution in [3.05, 3.63) is 0 Å². The molecule has 0 unspecified atom stereocenters. The van der Waals surface area contributed by atoms with E-state index in [9.17, 15) is 0 Å². The Morgan fingerprint density at radius 3 is 0.529 bits per heavy atom. The second-order valence-electron chi connectivity index (χ2n) is 0.894. The monoisotopic (exact) mass is 375 g/mol. The Morgan fingerprint density at radius 2 is 0.529 bits per heavy atom. The van der Waals surface area contributed by atoms with E-state index in [1.807, 2.05) is 0 Å². The van der Waals surface area contributed by atoms with Gasteiger partial charge in [-0.25, -0.2) is 0 Å². The van der Waals surface area contributed by atoms with Gasteiger partial charge in [0.1, 0.15) is 0 Å².